The van der Waals surface area contributed by atoms with Gasteiger partial charge in [0, 0.05) is 30.7 Å². The number of nitrogens with zero attached hydrogens (tertiary/aromatic N) is 1. The lowest BCUT2D eigenvalue weighted by Gasteiger charge is -2.12. The highest BCUT2D eigenvalue weighted by atomic mass is 127. The monoisotopic (exact) mass is 413 g/mol. The third-order valence-corrected chi connectivity index (χ3v) is 3.13. The lowest BCUT2D eigenvalue weighted by atomic mass is 10.1. The molecule has 1 rings (SSSR count). The quantitative estimate of drug-likeness (QED) is 0.323. The topological polar surface area (TPSA) is 36.4 Å². The molecule has 1 aromatic rings. The van der Waals surface area contributed by atoms with Crippen LogP contribution in [0.2, 0.25) is 5.02 Å². The zero-order chi connectivity index (χ0) is 14.1. The molecule has 0 aliphatic carbocycles. The number of hydrogen-bond donors (Lipinski definition) is 2. The Kier molecular flexibility index (Phi) is 10.8. The van der Waals surface area contributed by atoms with Gasteiger partial charge < -0.3 is 10.6 Å². The van der Waals surface area contributed by atoms with Gasteiger partial charge in [-0.25, -0.2) is 4.39 Å². The summed E-state index contributed by atoms with van der Waals surface area (Å²) >= 11 is 5.97. The Bertz CT molecular complexity index is 407. The fraction of sp³-hybridized carbons (Fsp3) is 0.500. The van der Waals surface area contributed by atoms with Crippen LogP contribution in [-0.4, -0.2) is 26.1 Å². The zero-order valence-corrected chi connectivity index (χ0v) is 15.0. The van der Waals surface area contributed by atoms with Gasteiger partial charge in [-0.2, -0.15) is 0 Å². The number of guanidine groups is 1. The summed E-state index contributed by atoms with van der Waals surface area (Å²) in [5.74, 6) is 0.476. The zero-order valence-electron chi connectivity index (χ0n) is 11.9. The molecule has 1 aromatic carbocycles. The lowest BCUT2D eigenvalue weighted by molar-refractivity contribution is 0.606. The Morgan fingerprint density at radius 2 is 2.00 bits per heavy atom. The second-order valence-corrected chi connectivity index (χ2v) is 4.64. The molecule has 0 aromatic heterocycles. The molecule has 3 nitrogen and oxygen atoms in total. The second kappa shape index (κ2) is 11.1. The second-order valence-electron chi connectivity index (χ2n) is 4.23. The van der Waals surface area contributed by atoms with E-state index >= 15 is 0 Å². The Morgan fingerprint density at radius 1 is 1.30 bits per heavy atom. The molecular weight excluding hydrogens is 392 g/mol. The van der Waals surface area contributed by atoms with E-state index in [9.17, 15) is 4.39 Å². The molecule has 0 bridgehead atoms. The van der Waals surface area contributed by atoms with E-state index in [0.29, 0.717) is 23.6 Å². The summed E-state index contributed by atoms with van der Waals surface area (Å²) in [5.41, 5.74) is 0.542. The number of rotatable bonds is 6. The van der Waals surface area contributed by atoms with E-state index in [1.54, 1.807) is 19.2 Å². The van der Waals surface area contributed by atoms with Crippen LogP contribution in [0.15, 0.2) is 23.2 Å². The minimum atomic E-state index is -0.261. The van der Waals surface area contributed by atoms with Crippen molar-refractivity contribution in [3.05, 3.63) is 34.6 Å². The van der Waals surface area contributed by atoms with Crippen molar-refractivity contribution in [2.24, 2.45) is 4.99 Å². The van der Waals surface area contributed by atoms with E-state index in [2.05, 4.69) is 22.5 Å². The fourth-order valence-electron chi connectivity index (χ4n) is 1.68. The standard InChI is InChI=1S/C14H21ClFN3.HI/c1-3-4-9-18-14(17-2)19-10-8-11-12(15)6-5-7-13(11)16;/h5-7H,3-4,8-10H2,1-2H3,(H2,17,18,19);1H. The number of unbranched alkanes of at least 4 members (excludes halogenated alkanes) is 1. The molecule has 0 aliphatic heterocycles. The molecule has 20 heavy (non-hydrogen) atoms. The average Bonchev–Trinajstić information content (AvgIpc) is 2.40. The molecule has 0 amide bonds. The summed E-state index contributed by atoms with van der Waals surface area (Å²) in [7, 11) is 1.72. The van der Waals surface area contributed by atoms with Gasteiger partial charge in [-0.15, -0.1) is 24.0 Å². The number of nitrogens with one attached hydrogen (secondary N) is 2. The minimum Gasteiger partial charge on any atom is -0.356 e. The maximum atomic E-state index is 13.5. The van der Waals surface area contributed by atoms with Crippen LogP contribution in [-0.2, 0) is 6.42 Å². The molecule has 0 saturated heterocycles. The first-order valence-electron chi connectivity index (χ1n) is 6.56. The van der Waals surface area contributed by atoms with E-state index in [1.807, 2.05) is 0 Å². The van der Waals surface area contributed by atoms with Crippen LogP contribution in [0.5, 0.6) is 0 Å². The molecular formula is C14H22ClFIN3. The summed E-state index contributed by atoms with van der Waals surface area (Å²) < 4.78 is 13.5. The molecule has 6 heteroatoms. The van der Waals surface area contributed by atoms with Crippen LogP contribution >= 0.6 is 35.6 Å². The van der Waals surface area contributed by atoms with E-state index in [4.69, 9.17) is 11.6 Å². The van der Waals surface area contributed by atoms with Gasteiger partial charge in [0.2, 0.25) is 0 Å². The molecule has 0 aliphatic rings. The Labute approximate surface area is 142 Å². The van der Waals surface area contributed by atoms with Crippen molar-refractivity contribution in [3.8, 4) is 0 Å². The van der Waals surface area contributed by atoms with Gasteiger partial charge in [-0.1, -0.05) is 31.0 Å². The van der Waals surface area contributed by atoms with Gasteiger partial charge in [0.15, 0.2) is 5.96 Å². The van der Waals surface area contributed by atoms with E-state index < -0.39 is 0 Å². The Morgan fingerprint density at radius 3 is 2.60 bits per heavy atom. The molecule has 0 fully saturated rings. The van der Waals surface area contributed by atoms with Gasteiger partial charge in [0.1, 0.15) is 5.82 Å². The minimum absolute atomic E-state index is 0. The molecule has 0 unspecified atom stereocenters. The average molecular weight is 414 g/mol. The molecule has 0 heterocycles. The van der Waals surface area contributed by atoms with Crippen molar-refractivity contribution in [2.45, 2.75) is 26.2 Å². The van der Waals surface area contributed by atoms with Gasteiger partial charge in [-0.05, 0) is 25.0 Å². The van der Waals surface area contributed by atoms with Crippen molar-refractivity contribution in [1.29, 1.82) is 0 Å². The maximum absolute atomic E-state index is 13.5. The first-order chi connectivity index (χ1) is 9.19. The predicted molar refractivity (Wildman–Crippen MR) is 94.8 cm³/mol. The van der Waals surface area contributed by atoms with E-state index in [0.717, 1.165) is 25.3 Å². The van der Waals surface area contributed by atoms with Crippen LogP contribution in [0.3, 0.4) is 0 Å². The highest BCUT2D eigenvalue weighted by molar-refractivity contribution is 14.0. The lowest BCUT2D eigenvalue weighted by Crippen LogP contribution is -2.38. The van der Waals surface area contributed by atoms with Gasteiger partial charge >= 0.3 is 0 Å². The fourth-order valence-corrected chi connectivity index (χ4v) is 1.94. The first kappa shape index (κ1) is 19.4. The van der Waals surface area contributed by atoms with Crippen molar-refractivity contribution in [2.75, 3.05) is 20.1 Å². The number of hydrogen-bond acceptors (Lipinski definition) is 1. The third-order valence-electron chi connectivity index (χ3n) is 2.78. The van der Waals surface area contributed by atoms with E-state index in [1.165, 1.54) is 6.07 Å². The number of halogens is 3. The Balaban J connectivity index is 0.00000361. The third kappa shape index (κ3) is 6.74. The van der Waals surface area contributed by atoms with Crippen molar-refractivity contribution < 1.29 is 4.39 Å². The van der Waals surface area contributed by atoms with Crippen molar-refractivity contribution in [3.63, 3.8) is 0 Å². The molecule has 0 spiro atoms. The van der Waals surface area contributed by atoms with Crippen LogP contribution in [0.25, 0.3) is 0 Å². The van der Waals surface area contributed by atoms with Crippen LogP contribution in [0.4, 0.5) is 4.39 Å². The SMILES string of the molecule is CCCCNC(=NC)NCCc1c(F)cccc1Cl.I. The summed E-state index contributed by atoms with van der Waals surface area (Å²) in [6.07, 6.45) is 2.76. The summed E-state index contributed by atoms with van der Waals surface area (Å²) in [6.45, 7) is 3.61. The number of benzene rings is 1. The first-order valence-corrected chi connectivity index (χ1v) is 6.94. The highest BCUT2D eigenvalue weighted by Crippen LogP contribution is 2.18. The maximum Gasteiger partial charge on any atom is 0.190 e. The van der Waals surface area contributed by atoms with Gasteiger partial charge in [0.05, 0.1) is 0 Å². The largest absolute Gasteiger partial charge is 0.356 e. The molecule has 0 saturated carbocycles. The normalized spacial score (nSPS) is 10.9. The molecule has 2 N–H and O–H groups in total. The summed E-state index contributed by atoms with van der Waals surface area (Å²) in [4.78, 5) is 4.10. The summed E-state index contributed by atoms with van der Waals surface area (Å²) in [6, 6.07) is 4.74. The molecule has 0 atom stereocenters. The molecule has 0 radical (unpaired) electrons. The summed E-state index contributed by atoms with van der Waals surface area (Å²) in [5, 5.41) is 6.81. The van der Waals surface area contributed by atoms with Crippen LogP contribution < -0.4 is 10.6 Å². The predicted octanol–water partition coefficient (Wildman–Crippen LogP) is 3.60. The van der Waals surface area contributed by atoms with Crippen LogP contribution in [0, 0.1) is 5.82 Å². The molecule has 114 valence electrons. The van der Waals surface area contributed by atoms with Gasteiger partial charge in [0.25, 0.3) is 0 Å². The van der Waals surface area contributed by atoms with Crippen LogP contribution in [0.1, 0.15) is 25.3 Å². The van der Waals surface area contributed by atoms with Crippen molar-refractivity contribution in [1.82, 2.24) is 10.6 Å². The van der Waals surface area contributed by atoms with Crippen molar-refractivity contribution >= 4 is 41.5 Å². The smallest absolute Gasteiger partial charge is 0.190 e. The van der Waals surface area contributed by atoms with E-state index in [-0.39, 0.29) is 29.8 Å². The van der Waals surface area contributed by atoms with Gasteiger partial charge in [-0.3, -0.25) is 4.99 Å². The highest BCUT2D eigenvalue weighted by Gasteiger charge is 2.06. The Hall–Kier alpha value is -0.560. The number of aliphatic imine (C=N–C) groups is 1.